The second-order valence-corrected chi connectivity index (χ2v) is 22.8. The Morgan fingerprint density at radius 3 is 2.21 bits per heavy atom. The van der Waals surface area contributed by atoms with Gasteiger partial charge >= 0.3 is 0 Å². The molecule has 3 unspecified atom stereocenters. The van der Waals surface area contributed by atoms with Gasteiger partial charge in [-0.2, -0.15) is 5.10 Å². The van der Waals surface area contributed by atoms with Crippen molar-refractivity contribution in [3.05, 3.63) is 157 Å². The van der Waals surface area contributed by atoms with Crippen molar-refractivity contribution in [2.24, 2.45) is 0 Å². The number of fused-ring (bicyclic) bond motifs is 1. The molecule has 0 radical (unpaired) electrons. The quantitative estimate of drug-likeness (QED) is 0.104. The highest BCUT2D eigenvalue weighted by molar-refractivity contribution is 8.46. The zero-order valence-corrected chi connectivity index (χ0v) is 43.2. The van der Waals surface area contributed by atoms with E-state index >= 15 is 9.18 Å². The third-order valence-corrected chi connectivity index (χ3v) is 19.1. The molecule has 390 valence electrons. The summed E-state index contributed by atoms with van der Waals surface area (Å²) in [5.74, 6) is 0.387. The maximum atomic E-state index is 15.5. The number of aromatic amines is 1. The van der Waals surface area contributed by atoms with E-state index < -0.39 is 39.7 Å². The molecule has 75 heavy (non-hydrogen) atoms. The minimum Gasteiger partial charge on any atom is -0.497 e. The predicted octanol–water partition coefficient (Wildman–Crippen LogP) is 9.12. The number of ether oxygens (including phenoxy) is 5. The molecule has 0 saturated carbocycles. The molecule has 11 rings (SSSR count). The molecule has 3 aromatic heterocycles. The van der Waals surface area contributed by atoms with Crippen LogP contribution in [0.3, 0.4) is 0 Å². The van der Waals surface area contributed by atoms with Gasteiger partial charge in [0.2, 0.25) is 0 Å². The maximum absolute atomic E-state index is 15.5. The van der Waals surface area contributed by atoms with Gasteiger partial charge in [0.1, 0.15) is 59.9 Å². The number of piperazine rings is 1. The van der Waals surface area contributed by atoms with E-state index in [1.165, 1.54) is 29.5 Å². The monoisotopic (exact) mass is 1040 g/mol. The number of aromatic nitrogens is 5. The molecule has 2 amide bonds. The van der Waals surface area contributed by atoms with E-state index in [2.05, 4.69) is 61.0 Å². The molecule has 4 aliphatic heterocycles. The number of pyridine rings is 1. The molecule has 4 aliphatic rings. The number of halogens is 2. The zero-order valence-electron chi connectivity index (χ0n) is 42.4. The number of methoxy groups -OCH3 is 2. The van der Waals surface area contributed by atoms with Crippen LogP contribution < -0.4 is 24.0 Å². The van der Waals surface area contributed by atoms with Crippen LogP contribution in [0.1, 0.15) is 42.4 Å². The second-order valence-electron chi connectivity index (χ2n) is 19.5. The van der Waals surface area contributed by atoms with Gasteiger partial charge in [0, 0.05) is 113 Å². The van der Waals surface area contributed by atoms with Crippen LogP contribution in [0.2, 0.25) is 0 Å². The number of amides is 2. The normalized spacial score (nSPS) is 23.7. The molecule has 0 spiro atoms. The molecule has 3 saturated heterocycles. The summed E-state index contributed by atoms with van der Waals surface area (Å²) in [5, 5.41) is 3.92. The highest BCUT2D eigenvalue weighted by Crippen LogP contribution is 2.72. The predicted molar refractivity (Wildman–Crippen MR) is 280 cm³/mol. The number of nitrogens with zero attached hydrogens (tertiary/aromatic N) is 8. The fourth-order valence-electron chi connectivity index (χ4n) is 11.2. The molecule has 0 bridgehead atoms. The van der Waals surface area contributed by atoms with Crippen LogP contribution in [0.5, 0.6) is 17.2 Å². The van der Waals surface area contributed by atoms with Gasteiger partial charge in [-0.1, -0.05) is 16.1 Å². The first kappa shape index (κ1) is 49.7. The van der Waals surface area contributed by atoms with E-state index in [9.17, 15) is 9.18 Å². The zero-order chi connectivity index (χ0) is 52.0. The third-order valence-electron chi connectivity index (χ3n) is 14.9. The van der Waals surface area contributed by atoms with Crippen molar-refractivity contribution in [2.75, 3.05) is 70.0 Å². The van der Waals surface area contributed by atoms with Crippen LogP contribution in [0.25, 0.3) is 11.3 Å². The van der Waals surface area contributed by atoms with Crippen molar-refractivity contribution in [3.8, 4) is 28.5 Å². The van der Waals surface area contributed by atoms with E-state index in [4.69, 9.17) is 23.7 Å². The second kappa shape index (κ2) is 20.3. The summed E-state index contributed by atoms with van der Waals surface area (Å²) in [5.41, 5.74) is 4.08. The van der Waals surface area contributed by atoms with Gasteiger partial charge < -0.3 is 48.3 Å². The van der Waals surface area contributed by atoms with Gasteiger partial charge in [-0.05, 0) is 106 Å². The highest BCUT2D eigenvalue weighted by Gasteiger charge is 2.59. The Balaban J connectivity index is 0.765. The van der Waals surface area contributed by atoms with Crippen molar-refractivity contribution >= 4 is 32.5 Å². The number of benzene rings is 4. The average molecular weight is 1040 g/mol. The summed E-state index contributed by atoms with van der Waals surface area (Å²) in [6.45, 7) is 9.94. The standard InChI is InChI=1S/C56H59F2N9O7S/c1-36(2)67-53(66-22-20-49-46(54(66)68)29-50(62-49)45-18-15-42(70-4)28-51(45)71-5)37(3)75(55(67)69,44-7-6-21-59-30-44)43-16-11-40(12-17-43)64-25-23-63(24-26-64)39-9-13-41(14-10-39)72-31-52-73-33-56(74-52,32-65-35-60-34-61-65)47-19-8-38(57)27-48(47)58/h6-19,21,27-30,34-37,52-53,62H,20,22-26,31-33H2,1-5H3/t37?,52-,53?,56+/m0/s1. The lowest BCUT2D eigenvalue weighted by Gasteiger charge is -2.42. The minimum absolute atomic E-state index is 0.00608. The van der Waals surface area contributed by atoms with Gasteiger partial charge in [-0.25, -0.2) is 18.4 Å². The van der Waals surface area contributed by atoms with Crippen molar-refractivity contribution < 1.29 is 42.1 Å². The first-order valence-electron chi connectivity index (χ1n) is 25.1. The van der Waals surface area contributed by atoms with Crippen LogP contribution in [0.4, 0.5) is 25.0 Å². The Labute approximate surface area is 435 Å². The molecule has 5 atom stereocenters. The van der Waals surface area contributed by atoms with Gasteiger partial charge in [0.25, 0.3) is 11.1 Å². The number of hydrogen-bond donors (Lipinski definition) is 1. The molecular formula is C56H59F2N9O7S. The molecule has 1 N–H and O–H groups in total. The van der Waals surface area contributed by atoms with E-state index in [1.54, 1.807) is 20.4 Å². The molecular weight excluding hydrogens is 981 g/mol. The first-order chi connectivity index (χ1) is 36.4. The van der Waals surface area contributed by atoms with E-state index in [1.807, 2.05) is 90.5 Å². The lowest BCUT2D eigenvalue weighted by Crippen LogP contribution is -2.56. The largest absolute Gasteiger partial charge is 0.497 e. The molecule has 4 aromatic carbocycles. The number of nitrogens with one attached hydrogen (secondary N) is 1. The summed E-state index contributed by atoms with van der Waals surface area (Å²) in [6, 6.07) is 31.0. The number of H-pyrrole nitrogens is 1. The molecule has 7 aromatic rings. The van der Waals surface area contributed by atoms with Crippen LogP contribution in [0, 0.1) is 11.6 Å². The van der Waals surface area contributed by atoms with Gasteiger partial charge in [0.05, 0.1) is 38.6 Å². The summed E-state index contributed by atoms with van der Waals surface area (Å²) >= 11 is 0. The van der Waals surface area contributed by atoms with Crippen molar-refractivity contribution in [2.45, 2.75) is 72.9 Å². The van der Waals surface area contributed by atoms with Crippen LogP contribution in [0.15, 0.2) is 138 Å². The van der Waals surface area contributed by atoms with Crippen molar-refractivity contribution in [1.82, 2.24) is 34.5 Å². The van der Waals surface area contributed by atoms with Crippen molar-refractivity contribution in [1.29, 1.82) is 0 Å². The number of rotatable bonds is 15. The lowest BCUT2D eigenvalue weighted by atomic mass is 9.94. The van der Waals surface area contributed by atoms with Gasteiger partial charge in [-0.15, -0.1) is 0 Å². The smallest absolute Gasteiger partial charge is 0.274 e. The molecule has 3 fully saturated rings. The van der Waals surface area contributed by atoms with Crippen molar-refractivity contribution in [3.63, 3.8) is 0 Å². The summed E-state index contributed by atoms with van der Waals surface area (Å²) in [6.07, 6.45) is 5.74. The molecule has 7 heterocycles. The average Bonchev–Trinajstić information content (AvgIpc) is 4.29. The van der Waals surface area contributed by atoms with Crippen LogP contribution in [-0.4, -0.2) is 130 Å². The number of carbonyl (C=O) groups excluding carboxylic acids is 2. The van der Waals surface area contributed by atoms with Crippen LogP contribution >= 0.6 is 10.0 Å². The van der Waals surface area contributed by atoms with Gasteiger partial charge in [-0.3, -0.25) is 14.6 Å². The first-order valence-corrected chi connectivity index (χ1v) is 26.8. The third kappa shape index (κ3) is 8.99. The van der Waals surface area contributed by atoms with E-state index in [0.717, 1.165) is 70.4 Å². The Morgan fingerprint density at radius 2 is 1.56 bits per heavy atom. The Bertz CT molecular complexity index is 3180. The fourth-order valence-corrected chi connectivity index (χ4v) is 15.5. The summed E-state index contributed by atoms with van der Waals surface area (Å²) in [7, 11) is 0.783. The Hall–Kier alpha value is -7.48. The van der Waals surface area contributed by atoms with E-state index in [0.29, 0.717) is 35.8 Å². The molecule has 19 heteroatoms. The maximum Gasteiger partial charge on any atom is 0.274 e. The number of carbonyl (C=O) groups is 2. The number of hydrogen-bond acceptors (Lipinski definition) is 12. The molecule has 16 nitrogen and oxygen atoms in total. The van der Waals surface area contributed by atoms with E-state index in [-0.39, 0.29) is 47.8 Å². The SMILES string of the molecule is COc1ccc(-c2cc3c([nH]2)CCN(C2C(C)S(c4ccc(N5CCN(c6ccc(OC[C@H]7OC[C@](Cn8cncn8)(c8ccc(F)cc8F)O7)cc6)CC5)cc4)(c4cccnc4)C(=O)N2C(C)C)C3=O)c(OC)c1. The summed E-state index contributed by atoms with van der Waals surface area (Å²) in [4.78, 5) is 52.8. The Morgan fingerprint density at radius 1 is 0.827 bits per heavy atom. The topological polar surface area (TPSA) is 153 Å². The van der Waals surface area contributed by atoms with Gasteiger partial charge in [0.15, 0.2) is 6.29 Å². The highest BCUT2D eigenvalue weighted by atomic mass is 32.3. The minimum atomic E-state index is -2.44. The van der Waals surface area contributed by atoms with Crippen LogP contribution in [-0.2, 0) is 28.0 Å². The lowest BCUT2D eigenvalue weighted by molar-refractivity contribution is -0.117. The number of anilines is 2. The Kier molecular flexibility index (Phi) is 13.5. The fraction of sp³-hybridized carbons (Fsp3) is 0.339. The summed E-state index contributed by atoms with van der Waals surface area (Å²) < 4.78 is 60.0. The molecule has 0 aliphatic carbocycles.